The molecule has 2 heteroatoms. The molecule has 0 radical (unpaired) electrons. The van der Waals surface area contributed by atoms with Crippen molar-refractivity contribution in [3.05, 3.63) is 467 Å². The number of hydrogen-bond donors (Lipinski definition) is 0. The lowest BCUT2D eigenvalue weighted by Gasteiger charge is -2.45. The zero-order valence-corrected chi connectivity index (χ0v) is 60.5. The summed E-state index contributed by atoms with van der Waals surface area (Å²) in [5, 5.41) is 9.96. The summed E-state index contributed by atoms with van der Waals surface area (Å²) >= 11 is 0. The van der Waals surface area contributed by atoms with E-state index >= 15 is 0 Å². The SMILES string of the molecule is c1ccc(N2c3ccccc3C3(c4ccccc4-c4c(-c5cccc6c(-c7cccc8c7-c7ccccc7C87c8ccccc8-c8c7c7ccccc7c7ccccc87)c7cccc(-c8cccc9c8-c8ccccc8C98c9ccccc9N(c9ccccc9)c9ccccc98)c7cc56)cccc43)c3ccccc32)cc1. The first-order valence-electron chi connectivity index (χ1n) is 39.0. The maximum atomic E-state index is 2.61. The Morgan fingerprint density at radius 2 is 0.405 bits per heavy atom. The average Bonchev–Trinajstić information content (AvgIpc) is 1.50. The van der Waals surface area contributed by atoms with Gasteiger partial charge in [0.1, 0.15) is 0 Å². The molecule has 1 atom stereocenters. The number of rotatable bonds is 5. The van der Waals surface area contributed by atoms with Gasteiger partial charge in [-0.05, 0) is 242 Å². The van der Waals surface area contributed by atoms with Crippen LogP contribution in [0, 0.1) is 0 Å². The molecule has 0 fully saturated rings. The third-order valence-electron chi connectivity index (χ3n) is 26.2. The van der Waals surface area contributed by atoms with Gasteiger partial charge in [0.05, 0.1) is 39.0 Å². The van der Waals surface area contributed by atoms with Gasteiger partial charge in [-0.1, -0.05) is 346 Å². The molecule has 2 aliphatic heterocycles. The van der Waals surface area contributed by atoms with Crippen molar-refractivity contribution < 1.29 is 0 Å². The van der Waals surface area contributed by atoms with Gasteiger partial charge in [-0.3, -0.25) is 0 Å². The summed E-state index contributed by atoms with van der Waals surface area (Å²) < 4.78 is 0. The fourth-order valence-corrected chi connectivity index (χ4v) is 22.5. The molecule has 2 nitrogen and oxygen atoms in total. The predicted molar refractivity (Wildman–Crippen MR) is 460 cm³/mol. The summed E-state index contributed by atoms with van der Waals surface area (Å²) in [5.74, 6) is 0. The zero-order valence-electron chi connectivity index (χ0n) is 60.5. The monoisotopic (exact) mass is 1400 g/mol. The maximum absolute atomic E-state index is 2.61. The van der Waals surface area contributed by atoms with Crippen LogP contribution in [0.4, 0.5) is 34.1 Å². The van der Waals surface area contributed by atoms with Gasteiger partial charge in [0.25, 0.3) is 0 Å². The number of nitrogens with zero attached hydrogens (tertiary/aromatic N) is 2. The van der Waals surface area contributed by atoms with E-state index in [0.717, 1.165) is 11.4 Å². The van der Waals surface area contributed by atoms with E-state index in [1.165, 1.54) is 210 Å². The molecule has 25 rings (SSSR count). The maximum Gasteiger partial charge on any atom is 0.0754 e. The van der Waals surface area contributed by atoms with Crippen molar-refractivity contribution in [2.24, 2.45) is 0 Å². The van der Waals surface area contributed by atoms with Crippen LogP contribution in [0.2, 0.25) is 0 Å². The molecule has 0 amide bonds. The highest BCUT2D eigenvalue weighted by Gasteiger charge is 2.57. The molecule has 0 saturated carbocycles. The fourth-order valence-electron chi connectivity index (χ4n) is 22.5. The molecule has 0 aromatic heterocycles. The van der Waals surface area contributed by atoms with Crippen molar-refractivity contribution >= 4 is 77.2 Å². The van der Waals surface area contributed by atoms with E-state index < -0.39 is 16.2 Å². The molecule has 1 unspecified atom stereocenters. The van der Waals surface area contributed by atoms with Crippen LogP contribution in [-0.2, 0) is 16.2 Å². The molecule has 6 aliphatic rings. The van der Waals surface area contributed by atoms with Gasteiger partial charge in [-0.25, -0.2) is 0 Å². The molecular formula is C109H66N2. The summed E-state index contributed by atoms with van der Waals surface area (Å²) in [6.45, 7) is 0. The first-order valence-corrected chi connectivity index (χ1v) is 39.0. The highest BCUT2D eigenvalue weighted by Crippen LogP contribution is 2.70. The van der Waals surface area contributed by atoms with Crippen LogP contribution in [0.3, 0.4) is 0 Å². The minimum absolute atomic E-state index is 0.653. The highest BCUT2D eigenvalue weighted by molar-refractivity contribution is 6.24. The molecular weight excluding hydrogens is 1340 g/mol. The number of anilines is 6. The smallest absolute Gasteiger partial charge is 0.0754 e. The average molecular weight is 1400 g/mol. The van der Waals surface area contributed by atoms with Gasteiger partial charge in [-0.15, -0.1) is 0 Å². The summed E-state index contributed by atoms with van der Waals surface area (Å²) in [4.78, 5) is 4.97. The predicted octanol–water partition coefficient (Wildman–Crippen LogP) is 27.9. The van der Waals surface area contributed by atoms with E-state index in [1.807, 2.05) is 0 Å². The second-order valence-electron chi connectivity index (χ2n) is 30.9. The summed E-state index contributed by atoms with van der Waals surface area (Å²) in [6, 6.07) is 153. The number of benzene rings is 19. The Hall–Kier alpha value is -14.2. The van der Waals surface area contributed by atoms with E-state index in [0.29, 0.717) is 0 Å². The van der Waals surface area contributed by atoms with Crippen LogP contribution in [0.15, 0.2) is 400 Å². The fraction of sp³-hybridized carbons (Fsp3) is 0.0275. The van der Waals surface area contributed by atoms with E-state index in [1.54, 1.807) is 0 Å². The summed E-state index contributed by atoms with van der Waals surface area (Å²) in [7, 11) is 0. The minimum Gasteiger partial charge on any atom is -0.310 e. The Morgan fingerprint density at radius 1 is 0.144 bits per heavy atom. The first kappa shape index (κ1) is 60.9. The quantitative estimate of drug-likeness (QED) is 0.125. The van der Waals surface area contributed by atoms with Crippen LogP contribution < -0.4 is 9.80 Å². The molecule has 0 bridgehead atoms. The van der Waals surface area contributed by atoms with Crippen LogP contribution in [-0.4, -0.2) is 0 Å². The Morgan fingerprint density at radius 3 is 0.838 bits per heavy atom. The van der Waals surface area contributed by atoms with Gasteiger partial charge in [-0.2, -0.15) is 0 Å². The third-order valence-corrected chi connectivity index (χ3v) is 26.2. The van der Waals surface area contributed by atoms with Crippen molar-refractivity contribution in [3.8, 4) is 77.9 Å². The Kier molecular flexibility index (Phi) is 12.3. The molecule has 4 aliphatic carbocycles. The largest absolute Gasteiger partial charge is 0.310 e. The minimum atomic E-state index is -0.654. The second kappa shape index (κ2) is 22.5. The number of fused-ring (bicyclic) bond motifs is 35. The van der Waals surface area contributed by atoms with Crippen LogP contribution in [0.5, 0.6) is 0 Å². The van der Waals surface area contributed by atoms with Crippen molar-refractivity contribution in [3.63, 3.8) is 0 Å². The molecule has 2 heterocycles. The molecule has 19 aromatic rings. The Bertz CT molecular complexity index is 6910. The van der Waals surface area contributed by atoms with Crippen molar-refractivity contribution in [1.82, 2.24) is 0 Å². The van der Waals surface area contributed by atoms with Gasteiger partial charge in [0, 0.05) is 11.4 Å². The van der Waals surface area contributed by atoms with Crippen LogP contribution in [0.25, 0.3) is 121 Å². The number of hydrogen-bond acceptors (Lipinski definition) is 2. The second-order valence-corrected chi connectivity index (χ2v) is 30.9. The zero-order chi connectivity index (χ0) is 72.4. The molecule has 19 aromatic carbocycles. The van der Waals surface area contributed by atoms with Gasteiger partial charge < -0.3 is 9.80 Å². The van der Waals surface area contributed by atoms with Crippen LogP contribution in [0.1, 0.15) is 66.8 Å². The standard InChI is InChI=1S/C109H66N2/c1-3-32-67(33-4-1)110-97-62-23-19-55-90(97)107(91-56-20-24-63-98(91)110)86-51-15-11-40-79(86)102-73(48-29-59-94(102)107)71-44-27-46-76-84(71)66-85-72(74-49-30-60-95-103(74)80-41-12-16-52-87(80)108(95)92-57-21-25-64-99(92)111(68-34-5-2-6-35-68)100-65-26-22-58-93(100)108)45-28-47-77(85)101(76)83-50-31-61-96-104(83)81-42-13-17-53-88(81)109(96)89-54-18-14-43-82(89)105-75-38-9-7-36-69(75)70-37-8-10-39-78(70)106(105)109/h1-66H. The van der Waals surface area contributed by atoms with Gasteiger partial charge >= 0.3 is 0 Å². The third kappa shape index (κ3) is 7.57. The van der Waals surface area contributed by atoms with Gasteiger partial charge in [0.15, 0.2) is 0 Å². The molecule has 111 heavy (non-hydrogen) atoms. The van der Waals surface area contributed by atoms with E-state index in [9.17, 15) is 0 Å². The lowest BCUT2D eigenvalue weighted by atomic mass is 9.64. The lowest BCUT2D eigenvalue weighted by molar-refractivity contribution is 0.753. The summed E-state index contributed by atoms with van der Waals surface area (Å²) in [5.41, 5.74) is 38.1. The molecule has 0 N–H and O–H groups in total. The summed E-state index contributed by atoms with van der Waals surface area (Å²) in [6.07, 6.45) is 0. The molecule has 0 saturated heterocycles. The van der Waals surface area contributed by atoms with Crippen LogP contribution >= 0.6 is 0 Å². The normalized spacial score (nSPS) is 15.4. The number of para-hydroxylation sites is 6. The highest BCUT2D eigenvalue weighted by atomic mass is 15.2. The molecule has 3 spiro atoms. The van der Waals surface area contributed by atoms with Gasteiger partial charge in [0.2, 0.25) is 0 Å². The Labute approximate surface area is 644 Å². The van der Waals surface area contributed by atoms with E-state index in [2.05, 4.69) is 410 Å². The first-order chi connectivity index (χ1) is 55.2. The van der Waals surface area contributed by atoms with E-state index in [-0.39, 0.29) is 0 Å². The Balaban J connectivity index is 0.796. The van der Waals surface area contributed by atoms with Crippen molar-refractivity contribution in [2.45, 2.75) is 16.2 Å². The van der Waals surface area contributed by atoms with E-state index in [4.69, 9.17) is 0 Å². The lowest BCUT2D eigenvalue weighted by Crippen LogP contribution is -2.36. The van der Waals surface area contributed by atoms with Crippen molar-refractivity contribution in [1.29, 1.82) is 0 Å². The topological polar surface area (TPSA) is 6.48 Å². The van der Waals surface area contributed by atoms with Crippen molar-refractivity contribution in [2.75, 3.05) is 9.80 Å². The molecule has 512 valence electrons.